The third kappa shape index (κ3) is 3.96. The van der Waals surface area contributed by atoms with E-state index in [2.05, 4.69) is 15.1 Å². The highest BCUT2D eigenvalue weighted by molar-refractivity contribution is 7.99. The number of halogens is 1. The second-order valence-corrected chi connectivity index (χ2v) is 6.55. The van der Waals surface area contributed by atoms with Gasteiger partial charge < -0.3 is 4.74 Å². The average Bonchev–Trinajstić information content (AvgIpc) is 3.05. The zero-order chi connectivity index (χ0) is 17.8. The predicted molar refractivity (Wildman–Crippen MR) is 92.0 cm³/mol. The van der Waals surface area contributed by atoms with Gasteiger partial charge in [-0.1, -0.05) is 12.1 Å². The van der Waals surface area contributed by atoms with E-state index >= 15 is 0 Å². The van der Waals surface area contributed by atoms with Crippen molar-refractivity contribution in [3.8, 4) is 0 Å². The molecular weight excluding hydrogens is 343 g/mol. The maximum absolute atomic E-state index is 13.5. The number of thioether (sulfide) groups is 1. The smallest absolute Gasteiger partial charge is 0.310 e. The molecule has 2 aromatic heterocycles. The lowest BCUT2D eigenvalue weighted by molar-refractivity contribution is -0.142. The van der Waals surface area contributed by atoms with Crippen molar-refractivity contribution >= 4 is 23.5 Å². The van der Waals surface area contributed by atoms with Crippen LogP contribution in [0.15, 0.2) is 35.5 Å². The van der Waals surface area contributed by atoms with E-state index < -0.39 is 0 Å². The number of carbonyl (C=O) groups excluding carboxylic acids is 1. The number of rotatable bonds is 6. The lowest BCUT2D eigenvalue weighted by Crippen LogP contribution is -2.14. The van der Waals surface area contributed by atoms with Gasteiger partial charge in [-0.2, -0.15) is 10.1 Å². The van der Waals surface area contributed by atoms with Gasteiger partial charge in [-0.3, -0.25) is 4.79 Å². The molecular formula is C17H17FN4O2S. The molecule has 0 spiro atoms. The summed E-state index contributed by atoms with van der Waals surface area (Å²) in [4.78, 5) is 21.0. The first-order chi connectivity index (χ1) is 12.1. The van der Waals surface area contributed by atoms with Gasteiger partial charge in [-0.25, -0.2) is 13.9 Å². The molecule has 1 aromatic carbocycles. The molecule has 0 aliphatic heterocycles. The highest BCUT2D eigenvalue weighted by atomic mass is 32.2. The van der Waals surface area contributed by atoms with Gasteiger partial charge in [0.2, 0.25) is 0 Å². The van der Waals surface area contributed by atoms with Gasteiger partial charge in [-0.15, -0.1) is 11.8 Å². The van der Waals surface area contributed by atoms with Crippen molar-refractivity contribution in [2.45, 2.75) is 25.2 Å². The summed E-state index contributed by atoms with van der Waals surface area (Å²) in [5.74, 6) is 0.387. The van der Waals surface area contributed by atoms with Crippen molar-refractivity contribution in [1.29, 1.82) is 0 Å². The fourth-order valence-corrected chi connectivity index (χ4v) is 3.24. The van der Waals surface area contributed by atoms with Crippen LogP contribution < -0.4 is 0 Å². The van der Waals surface area contributed by atoms with Crippen molar-refractivity contribution in [3.05, 3.63) is 53.4 Å². The SMILES string of the molecule is Cc1nc2ncnn2c(C)c1CC(=O)OCCSc1ccccc1F. The number of carbonyl (C=O) groups is 1. The van der Waals surface area contributed by atoms with E-state index in [9.17, 15) is 9.18 Å². The van der Waals surface area contributed by atoms with Gasteiger partial charge in [0.15, 0.2) is 0 Å². The van der Waals surface area contributed by atoms with Gasteiger partial charge in [-0.05, 0) is 26.0 Å². The molecule has 0 bridgehead atoms. The van der Waals surface area contributed by atoms with E-state index in [1.54, 1.807) is 22.7 Å². The first kappa shape index (κ1) is 17.3. The zero-order valence-electron chi connectivity index (χ0n) is 13.9. The Labute approximate surface area is 148 Å². The summed E-state index contributed by atoms with van der Waals surface area (Å²) in [6.07, 6.45) is 1.54. The monoisotopic (exact) mass is 360 g/mol. The highest BCUT2D eigenvalue weighted by Crippen LogP contribution is 2.21. The average molecular weight is 360 g/mol. The molecule has 0 saturated heterocycles. The number of aryl methyl sites for hydroxylation is 2. The Kier molecular flexibility index (Phi) is 5.28. The first-order valence-corrected chi connectivity index (χ1v) is 8.73. The second kappa shape index (κ2) is 7.60. The van der Waals surface area contributed by atoms with Crippen LogP contribution in [0, 0.1) is 19.7 Å². The normalized spacial score (nSPS) is 11.0. The summed E-state index contributed by atoms with van der Waals surface area (Å²) in [7, 11) is 0. The first-order valence-electron chi connectivity index (χ1n) is 7.75. The Morgan fingerprint density at radius 2 is 2.12 bits per heavy atom. The summed E-state index contributed by atoms with van der Waals surface area (Å²) in [5, 5.41) is 4.10. The van der Waals surface area contributed by atoms with E-state index in [1.807, 2.05) is 13.8 Å². The van der Waals surface area contributed by atoms with Crippen LogP contribution in [0.25, 0.3) is 5.78 Å². The van der Waals surface area contributed by atoms with Crippen LogP contribution in [0.4, 0.5) is 4.39 Å². The molecule has 25 heavy (non-hydrogen) atoms. The Morgan fingerprint density at radius 1 is 1.32 bits per heavy atom. The minimum Gasteiger partial charge on any atom is -0.465 e. The molecule has 3 aromatic rings. The molecule has 0 unspecified atom stereocenters. The Hall–Kier alpha value is -2.48. The minimum atomic E-state index is -0.346. The number of hydrogen-bond donors (Lipinski definition) is 0. The molecule has 8 heteroatoms. The fraction of sp³-hybridized carbons (Fsp3) is 0.294. The maximum atomic E-state index is 13.5. The standard InChI is InChI=1S/C17H17FN4O2S/c1-11-13(12(2)22-17(21-11)19-10-20-22)9-16(23)24-7-8-25-15-6-4-3-5-14(15)18/h3-6,10H,7-9H2,1-2H3. The topological polar surface area (TPSA) is 69.4 Å². The summed E-state index contributed by atoms with van der Waals surface area (Å²) in [6.45, 7) is 3.92. The quantitative estimate of drug-likeness (QED) is 0.382. The number of benzene rings is 1. The number of ether oxygens (including phenoxy) is 1. The van der Waals surface area contributed by atoms with Crippen LogP contribution in [0.1, 0.15) is 17.0 Å². The summed E-state index contributed by atoms with van der Waals surface area (Å²) < 4.78 is 20.4. The number of fused-ring (bicyclic) bond motifs is 1. The molecule has 0 aliphatic rings. The van der Waals surface area contributed by atoms with Crippen LogP contribution in [-0.2, 0) is 16.0 Å². The van der Waals surface area contributed by atoms with Crippen molar-refractivity contribution in [3.63, 3.8) is 0 Å². The van der Waals surface area contributed by atoms with Crippen molar-refractivity contribution < 1.29 is 13.9 Å². The van der Waals surface area contributed by atoms with E-state index in [-0.39, 0.29) is 24.8 Å². The lowest BCUT2D eigenvalue weighted by atomic mass is 10.1. The van der Waals surface area contributed by atoms with E-state index in [0.29, 0.717) is 16.4 Å². The van der Waals surface area contributed by atoms with Crippen LogP contribution >= 0.6 is 11.8 Å². The highest BCUT2D eigenvalue weighted by Gasteiger charge is 2.15. The van der Waals surface area contributed by atoms with E-state index in [0.717, 1.165) is 17.0 Å². The Bertz CT molecular complexity index is 913. The molecule has 0 amide bonds. The molecule has 0 N–H and O–H groups in total. The summed E-state index contributed by atoms with van der Waals surface area (Å²) >= 11 is 1.32. The molecule has 0 fully saturated rings. The largest absolute Gasteiger partial charge is 0.465 e. The van der Waals surface area contributed by atoms with E-state index in [4.69, 9.17) is 4.74 Å². The molecule has 2 heterocycles. The maximum Gasteiger partial charge on any atom is 0.310 e. The minimum absolute atomic E-state index is 0.116. The molecule has 0 saturated carbocycles. The fourth-order valence-electron chi connectivity index (χ4n) is 2.48. The van der Waals surface area contributed by atoms with Crippen LogP contribution in [-0.4, -0.2) is 37.9 Å². The molecule has 0 radical (unpaired) electrons. The lowest BCUT2D eigenvalue weighted by Gasteiger charge is -2.10. The Morgan fingerprint density at radius 3 is 2.92 bits per heavy atom. The van der Waals surface area contributed by atoms with Crippen molar-refractivity contribution in [2.24, 2.45) is 0 Å². The van der Waals surface area contributed by atoms with Gasteiger partial charge >= 0.3 is 5.97 Å². The van der Waals surface area contributed by atoms with Crippen molar-refractivity contribution in [1.82, 2.24) is 19.6 Å². The third-order valence-corrected chi connectivity index (χ3v) is 4.76. The van der Waals surface area contributed by atoms with Gasteiger partial charge in [0.1, 0.15) is 18.8 Å². The van der Waals surface area contributed by atoms with Crippen molar-refractivity contribution in [2.75, 3.05) is 12.4 Å². The Balaban J connectivity index is 1.55. The number of nitrogens with zero attached hydrogens (tertiary/aromatic N) is 4. The summed E-state index contributed by atoms with van der Waals surface area (Å²) in [5.41, 5.74) is 2.33. The predicted octanol–water partition coefficient (Wildman–Crippen LogP) is 2.76. The molecule has 3 rings (SSSR count). The number of aromatic nitrogens is 4. The van der Waals surface area contributed by atoms with Crippen LogP contribution in [0.3, 0.4) is 0 Å². The third-order valence-electron chi connectivity index (χ3n) is 3.75. The van der Waals surface area contributed by atoms with Gasteiger partial charge in [0.05, 0.1) is 6.42 Å². The second-order valence-electron chi connectivity index (χ2n) is 5.41. The van der Waals surface area contributed by atoms with Gasteiger partial charge in [0.25, 0.3) is 5.78 Å². The molecule has 0 atom stereocenters. The van der Waals surface area contributed by atoms with Gasteiger partial charge in [0, 0.05) is 27.6 Å². The van der Waals surface area contributed by atoms with Crippen LogP contribution in [0.5, 0.6) is 0 Å². The molecule has 130 valence electrons. The number of hydrogen-bond acceptors (Lipinski definition) is 6. The summed E-state index contributed by atoms with van der Waals surface area (Å²) in [6, 6.07) is 6.53. The number of esters is 1. The zero-order valence-corrected chi connectivity index (χ0v) is 14.7. The van der Waals surface area contributed by atoms with Crippen LogP contribution in [0.2, 0.25) is 0 Å². The molecule has 6 nitrogen and oxygen atoms in total. The van der Waals surface area contributed by atoms with E-state index in [1.165, 1.54) is 24.2 Å². The molecule has 0 aliphatic carbocycles.